The highest BCUT2D eigenvalue weighted by Gasteiger charge is 2.21. The number of aromatic nitrogens is 1. The smallest absolute Gasteiger partial charge is 0.313 e. The maximum absolute atomic E-state index is 11.8. The van der Waals surface area contributed by atoms with Gasteiger partial charge in [-0.15, -0.1) is 0 Å². The van der Waals surface area contributed by atoms with Gasteiger partial charge in [0.15, 0.2) is 0 Å². The van der Waals surface area contributed by atoms with Crippen LogP contribution in [0.15, 0.2) is 30.5 Å². The molecular weight excluding hydrogens is 254 g/mol. The van der Waals surface area contributed by atoms with Crippen molar-refractivity contribution in [1.82, 2.24) is 10.3 Å². The van der Waals surface area contributed by atoms with Crippen molar-refractivity contribution in [2.24, 2.45) is 0 Å². The third kappa shape index (κ3) is 2.66. The first-order valence-electron chi connectivity index (χ1n) is 6.91. The zero-order valence-electron chi connectivity index (χ0n) is 11.1. The van der Waals surface area contributed by atoms with E-state index in [9.17, 15) is 9.59 Å². The van der Waals surface area contributed by atoms with E-state index in [2.05, 4.69) is 15.6 Å². The fraction of sp³-hybridized carbons (Fsp3) is 0.333. The highest BCUT2D eigenvalue weighted by atomic mass is 16.2. The molecule has 0 spiro atoms. The molecule has 1 heterocycles. The molecule has 104 valence electrons. The number of rotatable bonds is 2. The van der Waals surface area contributed by atoms with Crippen LogP contribution >= 0.6 is 0 Å². The van der Waals surface area contributed by atoms with Gasteiger partial charge in [0.2, 0.25) is 0 Å². The van der Waals surface area contributed by atoms with Crippen molar-refractivity contribution >= 4 is 28.4 Å². The van der Waals surface area contributed by atoms with Crippen LogP contribution in [-0.2, 0) is 9.59 Å². The maximum atomic E-state index is 11.8. The molecule has 0 aliphatic heterocycles. The van der Waals surface area contributed by atoms with Crippen LogP contribution in [0.5, 0.6) is 0 Å². The Morgan fingerprint density at radius 3 is 2.70 bits per heavy atom. The van der Waals surface area contributed by atoms with Crippen LogP contribution < -0.4 is 10.6 Å². The van der Waals surface area contributed by atoms with Crippen LogP contribution in [0.1, 0.15) is 25.7 Å². The predicted molar refractivity (Wildman–Crippen MR) is 77.3 cm³/mol. The van der Waals surface area contributed by atoms with E-state index in [1.165, 1.54) is 0 Å². The van der Waals surface area contributed by atoms with Crippen molar-refractivity contribution < 1.29 is 9.59 Å². The van der Waals surface area contributed by atoms with Gasteiger partial charge in [-0.25, -0.2) is 0 Å². The van der Waals surface area contributed by atoms with Gasteiger partial charge in [-0.3, -0.25) is 9.59 Å². The zero-order chi connectivity index (χ0) is 13.9. The monoisotopic (exact) mass is 271 g/mol. The molecule has 3 rings (SSSR count). The average molecular weight is 271 g/mol. The molecule has 20 heavy (non-hydrogen) atoms. The number of H-pyrrole nitrogens is 1. The number of carbonyl (C=O) groups excluding carboxylic acids is 2. The quantitative estimate of drug-likeness (QED) is 0.732. The van der Waals surface area contributed by atoms with Gasteiger partial charge >= 0.3 is 11.8 Å². The summed E-state index contributed by atoms with van der Waals surface area (Å²) in [6.07, 6.45) is 6.01. The molecule has 0 unspecified atom stereocenters. The van der Waals surface area contributed by atoms with Crippen molar-refractivity contribution in [1.29, 1.82) is 0 Å². The molecule has 0 atom stereocenters. The molecule has 1 aromatic heterocycles. The van der Waals surface area contributed by atoms with Crippen LogP contribution in [0.3, 0.4) is 0 Å². The van der Waals surface area contributed by atoms with Crippen molar-refractivity contribution in [2.75, 3.05) is 5.32 Å². The highest BCUT2D eigenvalue weighted by molar-refractivity contribution is 6.39. The minimum absolute atomic E-state index is 0.152. The van der Waals surface area contributed by atoms with Crippen molar-refractivity contribution in [3.05, 3.63) is 30.5 Å². The van der Waals surface area contributed by atoms with Gasteiger partial charge in [0, 0.05) is 23.4 Å². The Bertz CT molecular complexity index is 641. The molecule has 2 amide bonds. The summed E-state index contributed by atoms with van der Waals surface area (Å²) in [5.41, 5.74) is 1.55. The Labute approximate surface area is 116 Å². The molecule has 2 aromatic rings. The molecule has 5 nitrogen and oxygen atoms in total. The summed E-state index contributed by atoms with van der Waals surface area (Å²) >= 11 is 0. The Morgan fingerprint density at radius 2 is 1.90 bits per heavy atom. The summed E-state index contributed by atoms with van der Waals surface area (Å²) < 4.78 is 0. The Morgan fingerprint density at radius 1 is 1.10 bits per heavy atom. The molecule has 1 aliphatic carbocycles. The van der Waals surface area contributed by atoms with Crippen LogP contribution in [-0.4, -0.2) is 22.8 Å². The van der Waals surface area contributed by atoms with E-state index in [0.29, 0.717) is 5.69 Å². The molecule has 3 N–H and O–H groups in total. The third-order valence-electron chi connectivity index (χ3n) is 3.71. The lowest BCUT2D eigenvalue weighted by Gasteiger charge is -2.11. The number of aromatic amines is 1. The number of nitrogens with one attached hydrogen (secondary N) is 3. The van der Waals surface area contributed by atoms with E-state index in [-0.39, 0.29) is 6.04 Å². The predicted octanol–water partition coefficient (Wildman–Crippen LogP) is 2.17. The number of anilines is 1. The number of carbonyl (C=O) groups is 2. The fourth-order valence-electron chi connectivity index (χ4n) is 2.63. The summed E-state index contributed by atoms with van der Waals surface area (Å²) in [5, 5.41) is 6.47. The van der Waals surface area contributed by atoms with Crippen molar-refractivity contribution in [2.45, 2.75) is 31.7 Å². The van der Waals surface area contributed by atoms with Gasteiger partial charge in [0.05, 0.1) is 0 Å². The first-order valence-corrected chi connectivity index (χ1v) is 6.91. The minimum atomic E-state index is -0.609. The SMILES string of the molecule is O=C(Nc1ccc2cc[nH]c2c1)C(=O)NC1CCCC1. The number of hydrogen-bond donors (Lipinski definition) is 3. The van der Waals surface area contributed by atoms with E-state index in [1.807, 2.05) is 24.4 Å². The fourth-order valence-corrected chi connectivity index (χ4v) is 2.63. The molecule has 1 aromatic carbocycles. The van der Waals surface area contributed by atoms with Crippen LogP contribution in [0, 0.1) is 0 Å². The summed E-state index contributed by atoms with van der Waals surface area (Å²) in [6, 6.07) is 7.61. The van der Waals surface area contributed by atoms with Crippen LogP contribution in [0.25, 0.3) is 10.9 Å². The molecule has 0 radical (unpaired) electrons. The Hall–Kier alpha value is -2.30. The van der Waals surface area contributed by atoms with E-state index >= 15 is 0 Å². The number of hydrogen-bond acceptors (Lipinski definition) is 2. The first-order chi connectivity index (χ1) is 9.72. The lowest BCUT2D eigenvalue weighted by Crippen LogP contribution is -2.40. The molecule has 1 fully saturated rings. The lowest BCUT2D eigenvalue weighted by atomic mass is 10.2. The largest absolute Gasteiger partial charge is 0.361 e. The third-order valence-corrected chi connectivity index (χ3v) is 3.71. The van der Waals surface area contributed by atoms with Gasteiger partial charge in [-0.2, -0.15) is 0 Å². The van der Waals surface area contributed by atoms with Crippen molar-refractivity contribution in [3.8, 4) is 0 Å². The van der Waals surface area contributed by atoms with Gasteiger partial charge in [0.25, 0.3) is 0 Å². The summed E-state index contributed by atoms with van der Waals surface area (Å²) in [7, 11) is 0. The van der Waals surface area contributed by atoms with E-state index in [1.54, 1.807) is 6.07 Å². The Kier molecular flexibility index (Phi) is 3.41. The molecule has 1 aliphatic rings. The standard InChI is InChI=1S/C15H17N3O2/c19-14(17-11-3-1-2-4-11)15(20)18-12-6-5-10-7-8-16-13(10)9-12/h5-9,11,16H,1-4H2,(H,17,19)(H,18,20). The minimum Gasteiger partial charge on any atom is -0.361 e. The number of amides is 2. The van der Waals surface area contributed by atoms with E-state index < -0.39 is 11.8 Å². The first kappa shape index (κ1) is 12.7. The second-order valence-electron chi connectivity index (χ2n) is 5.19. The molecule has 1 saturated carbocycles. The molecule has 5 heteroatoms. The number of fused-ring (bicyclic) bond motifs is 1. The number of benzene rings is 1. The normalized spacial score (nSPS) is 15.4. The lowest BCUT2D eigenvalue weighted by molar-refractivity contribution is -0.136. The second kappa shape index (κ2) is 5.36. The summed E-state index contributed by atoms with van der Waals surface area (Å²) in [4.78, 5) is 26.7. The van der Waals surface area contributed by atoms with Crippen LogP contribution in [0.2, 0.25) is 0 Å². The van der Waals surface area contributed by atoms with Gasteiger partial charge in [0.1, 0.15) is 0 Å². The topological polar surface area (TPSA) is 74.0 Å². The van der Waals surface area contributed by atoms with Gasteiger partial charge in [-0.1, -0.05) is 18.9 Å². The summed E-state index contributed by atoms with van der Waals surface area (Å²) in [6.45, 7) is 0. The van der Waals surface area contributed by atoms with Gasteiger partial charge < -0.3 is 15.6 Å². The summed E-state index contributed by atoms with van der Waals surface area (Å²) in [5.74, 6) is -1.16. The molecular formula is C15H17N3O2. The van der Waals surface area contributed by atoms with E-state index in [0.717, 1.165) is 36.6 Å². The van der Waals surface area contributed by atoms with Crippen LogP contribution in [0.4, 0.5) is 5.69 Å². The molecule has 0 saturated heterocycles. The van der Waals surface area contributed by atoms with Crippen molar-refractivity contribution in [3.63, 3.8) is 0 Å². The molecule has 0 bridgehead atoms. The zero-order valence-corrected chi connectivity index (χ0v) is 11.1. The maximum Gasteiger partial charge on any atom is 0.313 e. The van der Waals surface area contributed by atoms with E-state index in [4.69, 9.17) is 0 Å². The Balaban J connectivity index is 1.63. The highest BCUT2D eigenvalue weighted by Crippen LogP contribution is 2.19. The second-order valence-corrected chi connectivity index (χ2v) is 5.19. The average Bonchev–Trinajstić information content (AvgIpc) is 3.08. The van der Waals surface area contributed by atoms with Gasteiger partial charge in [-0.05, 0) is 36.4 Å².